The van der Waals surface area contributed by atoms with Gasteiger partial charge in [-0.05, 0) is 132 Å². The number of ether oxygens (including phenoxy) is 2. The van der Waals surface area contributed by atoms with Gasteiger partial charge in [0.1, 0.15) is 11.5 Å². The Morgan fingerprint density at radius 1 is 0.403 bits per heavy atom. The fourth-order valence-electron chi connectivity index (χ4n) is 7.68. The minimum absolute atomic E-state index is 0.348. The third kappa shape index (κ3) is 7.93. The molecule has 1 heterocycles. The Kier molecular flexibility index (Phi) is 10.6. The van der Waals surface area contributed by atoms with Crippen molar-refractivity contribution in [3.63, 3.8) is 0 Å². The number of benzene rings is 8. The lowest BCUT2D eigenvalue weighted by molar-refractivity contribution is -0.130. The summed E-state index contributed by atoms with van der Waals surface area (Å²) < 4.78 is 13.1. The number of aromatic nitrogens is 1. The third-order valence-electron chi connectivity index (χ3n) is 10.9. The van der Waals surface area contributed by atoms with Crippen LogP contribution in [-0.4, -0.2) is 16.5 Å². The molecule has 6 heteroatoms. The molecule has 0 amide bonds. The van der Waals surface area contributed by atoms with Crippen LogP contribution < -0.4 is 14.4 Å². The second-order valence-electron chi connectivity index (χ2n) is 15.3. The van der Waals surface area contributed by atoms with Crippen LogP contribution in [0.4, 0.5) is 17.1 Å². The zero-order chi connectivity index (χ0) is 42.7. The Morgan fingerprint density at radius 3 is 1.02 bits per heavy atom. The van der Waals surface area contributed by atoms with Crippen LogP contribution in [0.1, 0.15) is 13.8 Å². The van der Waals surface area contributed by atoms with E-state index in [0.717, 1.165) is 56.1 Å². The zero-order valence-corrected chi connectivity index (χ0v) is 34.4. The SMILES string of the molecule is C=C(C)C(=O)Oc1ccc(-c2ccc(N(c3ccc(-c4ccc(OC(=O)C(=C)C)cc4)cc3)c3ccc(-c4ccc(-n5c6ccccc6c6ccccc65)cc4)cc3)cc2)cc1. The molecule has 9 aromatic rings. The van der Waals surface area contributed by atoms with E-state index in [-0.39, 0.29) is 0 Å². The molecule has 0 aliphatic carbocycles. The van der Waals surface area contributed by atoms with Gasteiger partial charge in [0.2, 0.25) is 0 Å². The van der Waals surface area contributed by atoms with Gasteiger partial charge >= 0.3 is 11.9 Å². The van der Waals surface area contributed by atoms with E-state index in [1.165, 1.54) is 21.8 Å². The molecule has 0 N–H and O–H groups in total. The normalized spacial score (nSPS) is 11.0. The summed E-state index contributed by atoms with van der Waals surface area (Å²) in [6.07, 6.45) is 0. The molecule has 6 nitrogen and oxygen atoms in total. The zero-order valence-electron chi connectivity index (χ0n) is 34.4. The van der Waals surface area contributed by atoms with Gasteiger partial charge in [-0.1, -0.05) is 122 Å². The molecule has 300 valence electrons. The predicted molar refractivity (Wildman–Crippen MR) is 253 cm³/mol. The summed E-state index contributed by atoms with van der Waals surface area (Å²) in [5.41, 5.74) is 13.4. The maximum atomic E-state index is 12.0. The fraction of sp³-hybridized carbons (Fsp3) is 0.0357. The van der Waals surface area contributed by atoms with Crippen molar-refractivity contribution < 1.29 is 19.1 Å². The van der Waals surface area contributed by atoms with Gasteiger partial charge in [0.25, 0.3) is 0 Å². The van der Waals surface area contributed by atoms with Crippen LogP contribution in [0.5, 0.6) is 11.5 Å². The molecule has 0 saturated heterocycles. The number of esters is 2. The highest BCUT2D eigenvalue weighted by Crippen LogP contribution is 2.39. The van der Waals surface area contributed by atoms with Crippen molar-refractivity contribution in [2.45, 2.75) is 13.8 Å². The largest absolute Gasteiger partial charge is 0.423 e. The first-order valence-electron chi connectivity index (χ1n) is 20.4. The Balaban J connectivity index is 1.01. The Labute approximate surface area is 360 Å². The highest BCUT2D eigenvalue weighted by atomic mass is 16.5. The van der Waals surface area contributed by atoms with Crippen LogP contribution >= 0.6 is 0 Å². The molecule has 0 saturated carbocycles. The minimum Gasteiger partial charge on any atom is -0.423 e. The van der Waals surface area contributed by atoms with Crippen molar-refractivity contribution in [1.29, 1.82) is 0 Å². The highest BCUT2D eigenvalue weighted by Gasteiger charge is 2.16. The molecule has 0 radical (unpaired) electrons. The number of carbonyl (C=O) groups excluding carboxylic acids is 2. The molecule has 0 bridgehead atoms. The Bertz CT molecular complexity index is 2940. The van der Waals surface area contributed by atoms with E-state index in [2.05, 4.69) is 168 Å². The first-order chi connectivity index (χ1) is 30.2. The molecular weight excluding hydrogens is 765 g/mol. The van der Waals surface area contributed by atoms with Crippen LogP contribution in [-0.2, 0) is 9.59 Å². The van der Waals surface area contributed by atoms with E-state index in [4.69, 9.17) is 9.47 Å². The van der Waals surface area contributed by atoms with Crippen molar-refractivity contribution in [3.05, 3.63) is 218 Å². The number of fused-ring (bicyclic) bond motifs is 3. The number of anilines is 3. The van der Waals surface area contributed by atoms with Crippen molar-refractivity contribution in [1.82, 2.24) is 4.57 Å². The average molecular weight is 807 g/mol. The lowest BCUT2D eigenvalue weighted by atomic mass is 10.0. The van der Waals surface area contributed by atoms with E-state index in [1.807, 2.05) is 24.3 Å². The number of rotatable bonds is 11. The van der Waals surface area contributed by atoms with E-state index in [0.29, 0.717) is 22.6 Å². The van der Waals surface area contributed by atoms with E-state index in [9.17, 15) is 9.59 Å². The molecule has 1 aromatic heterocycles. The lowest BCUT2D eigenvalue weighted by Crippen LogP contribution is -2.09. The molecule has 0 atom stereocenters. The van der Waals surface area contributed by atoms with E-state index < -0.39 is 11.9 Å². The summed E-state index contributed by atoms with van der Waals surface area (Å²) in [7, 11) is 0. The maximum Gasteiger partial charge on any atom is 0.338 e. The molecule has 0 spiro atoms. The number of nitrogens with zero attached hydrogens (tertiary/aromatic N) is 2. The number of hydrogen-bond donors (Lipinski definition) is 0. The van der Waals surface area contributed by atoms with Gasteiger partial charge in [0, 0.05) is 44.7 Å². The topological polar surface area (TPSA) is 60.8 Å². The van der Waals surface area contributed by atoms with Crippen molar-refractivity contribution in [2.75, 3.05) is 4.90 Å². The van der Waals surface area contributed by atoms with Crippen LogP contribution in [0, 0.1) is 0 Å². The molecule has 8 aromatic carbocycles. The average Bonchev–Trinajstić information content (AvgIpc) is 3.65. The Hall–Kier alpha value is -8.22. The Morgan fingerprint density at radius 2 is 0.694 bits per heavy atom. The van der Waals surface area contributed by atoms with Gasteiger partial charge in [-0.3, -0.25) is 0 Å². The quantitative estimate of drug-likeness (QED) is 0.0740. The van der Waals surface area contributed by atoms with Gasteiger partial charge in [-0.25, -0.2) is 9.59 Å². The molecule has 0 aliphatic rings. The second-order valence-corrected chi connectivity index (χ2v) is 15.3. The number of carbonyl (C=O) groups is 2. The summed E-state index contributed by atoms with van der Waals surface area (Å²) >= 11 is 0. The van der Waals surface area contributed by atoms with Crippen LogP contribution in [0.2, 0.25) is 0 Å². The standard InChI is InChI=1S/C56H42N2O4/c1-37(2)55(59)61-49-33-21-43(22-34-49)41-15-27-46(28-16-41)57(47-29-17-42(18-30-47)44-23-35-50(36-24-44)62-56(60)38(3)4)45-25-13-39(14-26-45)40-19-31-48(32-20-40)58-53-11-7-5-9-51(53)52-10-6-8-12-54(52)58/h5-36H,1,3H2,2,4H3. The summed E-state index contributed by atoms with van der Waals surface area (Å²) in [6.45, 7) is 10.6. The molecule has 0 aliphatic heterocycles. The fourth-order valence-corrected chi connectivity index (χ4v) is 7.68. The highest BCUT2D eigenvalue weighted by molar-refractivity contribution is 6.09. The first kappa shape index (κ1) is 39.3. The molecule has 62 heavy (non-hydrogen) atoms. The van der Waals surface area contributed by atoms with Gasteiger partial charge in [-0.15, -0.1) is 0 Å². The van der Waals surface area contributed by atoms with Crippen molar-refractivity contribution in [3.8, 4) is 50.6 Å². The second kappa shape index (κ2) is 16.8. The monoisotopic (exact) mass is 806 g/mol. The van der Waals surface area contributed by atoms with E-state index >= 15 is 0 Å². The summed E-state index contributed by atoms with van der Waals surface area (Å²) in [5.74, 6) is 0.0442. The van der Waals surface area contributed by atoms with Crippen molar-refractivity contribution in [2.24, 2.45) is 0 Å². The number of para-hydroxylation sites is 2. The van der Waals surface area contributed by atoms with E-state index in [1.54, 1.807) is 38.1 Å². The maximum absolute atomic E-state index is 12.0. The molecular formula is C56H42N2O4. The number of hydrogen-bond acceptors (Lipinski definition) is 5. The van der Waals surface area contributed by atoms with Crippen LogP contribution in [0.15, 0.2) is 218 Å². The van der Waals surface area contributed by atoms with Gasteiger partial charge < -0.3 is 18.9 Å². The summed E-state index contributed by atoms with van der Waals surface area (Å²) in [5, 5.41) is 2.48. The van der Waals surface area contributed by atoms with Crippen LogP contribution in [0.25, 0.3) is 60.9 Å². The predicted octanol–water partition coefficient (Wildman–Crippen LogP) is 14.2. The van der Waals surface area contributed by atoms with Gasteiger partial charge in [0.05, 0.1) is 11.0 Å². The van der Waals surface area contributed by atoms with Gasteiger partial charge in [0.15, 0.2) is 0 Å². The third-order valence-corrected chi connectivity index (χ3v) is 10.9. The smallest absolute Gasteiger partial charge is 0.338 e. The molecule has 0 fully saturated rings. The van der Waals surface area contributed by atoms with Gasteiger partial charge in [-0.2, -0.15) is 0 Å². The minimum atomic E-state index is -0.448. The molecule has 0 unspecified atom stereocenters. The lowest BCUT2D eigenvalue weighted by Gasteiger charge is -2.26. The van der Waals surface area contributed by atoms with Crippen molar-refractivity contribution >= 4 is 50.8 Å². The first-order valence-corrected chi connectivity index (χ1v) is 20.4. The molecule has 9 rings (SSSR count). The summed E-state index contributed by atoms with van der Waals surface area (Å²) in [4.78, 5) is 26.3. The van der Waals surface area contributed by atoms with Crippen LogP contribution in [0.3, 0.4) is 0 Å². The summed E-state index contributed by atoms with van der Waals surface area (Å²) in [6, 6.07) is 66.4.